The summed E-state index contributed by atoms with van der Waals surface area (Å²) in [6.45, 7) is 2.50. The lowest BCUT2D eigenvalue weighted by Gasteiger charge is -2.16. The fraction of sp³-hybridized carbons (Fsp3) is 0.103. The van der Waals surface area contributed by atoms with E-state index in [1.54, 1.807) is 0 Å². The van der Waals surface area contributed by atoms with Gasteiger partial charge in [0.25, 0.3) is 0 Å². The quantitative estimate of drug-likeness (QED) is 0.281. The molecule has 182 valence electrons. The molecule has 2 amide bonds. The maximum atomic E-state index is 13.0. The molecule has 4 aromatic carbocycles. The van der Waals surface area contributed by atoms with Crippen LogP contribution in [0.4, 0.5) is 16.2 Å². The normalized spacial score (nSPS) is 14.0. The summed E-state index contributed by atoms with van der Waals surface area (Å²) >= 11 is 0. The Hall–Kier alpha value is -4.98. The number of tetrazole rings is 1. The number of ether oxygens (including phenoxy) is 1. The van der Waals surface area contributed by atoms with Gasteiger partial charge in [0.15, 0.2) is 5.82 Å². The molecule has 0 saturated carbocycles. The van der Waals surface area contributed by atoms with Crippen LogP contribution in [0.15, 0.2) is 91.0 Å². The molecule has 0 bridgehead atoms. The summed E-state index contributed by atoms with van der Waals surface area (Å²) < 4.78 is 6.18. The summed E-state index contributed by atoms with van der Waals surface area (Å²) in [5.74, 6) is 1.28. The number of urea groups is 1. The Balaban J connectivity index is 1.43. The third kappa shape index (κ3) is 4.52. The van der Waals surface area contributed by atoms with Gasteiger partial charge < -0.3 is 15.4 Å². The van der Waals surface area contributed by atoms with Crippen LogP contribution in [-0.4, -0.2) is 33.3 Å². The predicted molar refractivity (Wildman–Crippen MR) is 143 cm³/mol. The number of aryl methyl sites for hydroxylation is 1. The molecule has 0 saturated heterocycles. The number of benzene rings is 4. The maximum absolute atomic E-state index is 13.0. The molecule has 0 fully saturated rings. The van der Waals surface area contributed by atoms with Gasteiger partial charge in [-0.25, -0.2) is 9.89 Å². The number of anilines is 2. The van der Waals surface area contributed by atoms with Crippen molar-refractivity contribution >= 4 is 17.4 Å². The van der Waals surface area contributed by atoms with Crippen LogP contribution in [0.1, 0.15) is 22.6 Å². The fourth-order valence-electron chi connectivity index (χ4n) is 4.67. The Bertz CT molecular complexity index is 1550. The summed E-state index contributed by atoms with van der Waals surface area (Å²) in [4.78, 5) is 13.0. The van der Waals surface area contributed by atoms with E-state index in [-0.39, 0.29) is 11.9 Å². The van der Waals surface area contributed by atoms with Crippen LogP contribution >= 0.6 is 0 Å². The van der Waals surface area contributed by atoms with E-state index < -0.39 is 0 Å². The van der Waals surface area contributed by atoms with Crippen molar-refractivity contribution in [1.29, 1.82) is 0 Å². The minimum absolute atomic E-state index is 0.0379. The summed E-state index contributed by atoms with van der Waals surface area (Å²) in [7, 11) is 0. The minimum Gasteiger partial charge on any atom is -0.490 e. The van der Waals surface area contributed by atoms with Crippen molar-refractivity contribution < 1.29 is 9.53 Å². The zero-order valence-corrected chi connectivity index (χ0v) is 20.1. The van der Waals surface area contributed by atoms with Gasteiger partial charge in [-0.1, -0.05) is 72.3 Å². The lowest BCUT2D eigenvalue weighted by molar-refractivity contribution is 0.262. The van der Waals surface area contributed by atoms with Crippen LogP contribution in [-0.2, 0) is 0 Å². The van der Waals surface area contributed by atoms with Crippen molar-refractivity contribution in [2.45, 2.75) is 12.8 Å². The molecular weight excluding hydrogens is 464 g/mol. The second kappa shape index (κ2) is 9.58. The number of carbonyl (C=O) groups excluding carboxylic acids is 1. The number of carbonyl (C=O) groups is 1. The van der Waals surface area contributed by atoms with E-state index in [1.807, 2.05) is 79.7 Å². The topological polar surface area (TPSA) is 105 Å². The summed E-state index contributed by atoms with van der Waals surface area (Å²) in [6, 6.07) is 29.5. The van der Waals surface area contributed by atoms with Gasteiger partial charge in [0.05, 0.1) is 12.3 Å². The summed E-state index contributed by atoms with van der Waals surface area (Å²) in [5.41, 5.74) is 7.31. The Kier molecular flexibility index (Phi) is 5.82. The van der Waals surface area contributed by atoms with E-state index in [2.05, 4.69) is 49.5 Å². The number of amides is 2. The Morgan fingerprint density at radius 3 is 2.43 bits per heavy atom. The smallest absolute Gasteiger partial charge is 0.323 e. The first-order chi connectivity index (χ1) is 18.2. The van der Waals surface area contributed by atoms with E-state index in [0.717, 1.165) is 33.4 Å². The van der Waals surface area contributed by atoms with Crippen molar-refractivity contribution in [1.82, 2.24) is 20.6 Å². The van der Waals surface area contributed by atoms with Crippen LogP contribution in [0.5, 0.6) is 5.75 Å². The highest BCUT2D eigenvalue weighted by atomic mass is 16.5. The molecule has 1 atom stereocenters. The van der Waals surface area contributed by atoms with Crippen molar-refractivity contribution in [3.05, 3.63) is 108 Å². The summed E-state index contributed by atoms with van der Waals surface area (Å²) in [5, 5.41) is 20.4. The van der Waals surface area contributed by atoms with Crippen molar-refractivity contribution in [3.63, 3.8) is 0 Å². The van der Waals surface area contributed by atoms with E-state index in [0.29, 0.717) is 29.6 Å². The first kappa shape index (κ1) is 22.5. The standard InChI is InChI=1S/C29H24N6O2/c1-18-11-13-21(14-12-18)30-29(36)31-26-16-20(22-9-5-6-10-23(22)28-32-34-35-33-28)15-24-25(17-37-27(24)26)19-7-3-2-4-8-19/h2-16,25H,17H2,1H3,(H2,30,31,36)(H,32,33,34,35). The van der Waals surface area contributed by atoms with Gasteiger partial charge in [0.1, 0.15) is 5.75 Å². The molecule has 1 unspecified atom stereocenters. The molecule has 6 rings (SSSR count). The average molecular weight is 489 g/mol. The first-order valence-electron chi connectivity index (χ1n) is 12.0. The minimum atomic E-state index is -0.345. The monoisotopic (exact) mass is 488 g/mol. The van der Waals surface area contributed by atoms with Crippen LogP contribution in [0.3, 0.4) is 0 Å². The van der Waals surface area contributed by atoms with E-state index in [1.165, 1.54) is 0 Å². The van der Waals surface area contributed by atoms with E-state index in [9.17, 15) is 4.79 Å². The molecule has 5 aromatic rings. The van der Waals surface area contributed by atoms with Gasteiger partial charge in [-0.2, -0.15) is 0 Å². The van der Waals surface area contributed by atoms with Crippen LogP contribution in [0.25, 0.3) is 22.5 Å². The Labute approximate surface area is 213 Å². The third-order valence-corrected chi connectivity index (χ3v) is 6.49. The van der Waals surface area contributed by atoms with Crippen molar-refractivity contribution in [2.24, 2.45) is 0 Å². The molecule has 0 radical (unpaired) electrons. The van der Waals surface area contributed by atoms with Crippen LogP contribution in [0.2, 0.25) is 0 Å². The number of aromatic nitrogens is 4. The fourth-order valence-corrected chi connectivity index (χ4v) is 4.67. The van der Waals surface area contributed by atoms with Crippen LogP contribution < -0.4 is 15.4 Å². The number of nitrogens with one attached hydrogen (secondary N) is 3. The van der Waals surface area contributed by atoms with Gasteiger partial charge >= 0.3 is 6.03 Å². The zero-order valence-electron chi connectivity index (χ0n) is 20.1. The lowest BCUT2D eigenvalue weighted by Crippen LogP contribution is -2.19. The van der Waals surface area contributed by atoms with E-state index >= 15 is 0 Å². The second-order valence-corrected chi connectivity index (χ2v) is 8.96. The average Bonchev–Trinajstić information content (AvgIpc) is 3.61. The molecule has 0 aliphatic carbocycles. The number of nitrogens with zero attached hydrogens (tertiary/aromatic N) is 3. The molecular formula is C29H24N6O2. The lowest BCUT2D eigenvalue weighted by atomic mass is 9.89. The second-order valence-electron chi connectivity index (χ2n) is 8.96. The van der Waals surface area contributed by atoms with Gasteiger partial charge in [0.2, 0.25) is 0 Å². The van der Waals surface area contributed by atoms with Crippen molar-refractivity contribution in [2.75, 3.05) is 17.2 Å². The Morgan fingerprint density at radius 2 is 1.68 bits per heavy atom. The number of rotatable bonds is 5. The maximum Gasteiger partial charge on any atom is 0.323 e. The highest BCUT2D eigenvalue weighted by Crippen LogP contribution is 2.46. The zero-order chi connectivity index (χ0) is 25.2. The SMILES string of the molecule is Cc1ccc(NC(=O)Nc2cc(-c3ccccc3-c3nnn[nH]3)cc3c2OCC3c2ccccc2)cc1. The Morgan fingerprint density at radius 1 is 0.919 bits per heavy atom. The molecule has 3 N–H and O–H groups in total. The molecule has 1 aromatic heterocycles. The highest BCUT2D eigenvalue weighted by Gasteiger charge is 2.30. The summed E-state index contributed by atoms with van der Waals surface area (Å²) in [6.07, 6.45) is 0. The molecule has 1 aliphatic rings. The largest absolute Gasteiger partial charge is 0.490 e. The van der Waals surface area contributed by atoms with Crippen LogP contribution in [0, 0.1) is 6.92 Å². The number of hydrogen-bond donors (Lipinski definition) is 3. The predicted octanol–water partition coefficient (Wildman–Crippen LogP) is 6.01. The van der Waals surface area contributed by atoms with Gasteiger partial charge in [-0.05, 0) is 58.3 Å². The van der Waals surface area contributed by atoms with Gasteiger partial charge in [0, 0.05) is 22.7 Å². The number of fused-ring (bicyclic) bond motifs is 1. The molecule has 2 heterocycles. The molecule has 1 aliphatic heterocycles. The van der Waals surface area contributed by atoms with Crippen molar-refractivity contribution in [3.8, 4) is 28.3 Å². The molecule has 0 spiro atoms. The van der Waals surface area contributed by atoms with Gasteiger partial charge in [-0.15, -0.1) is 5.10 Å². The number of hydrogen-bond acceptors (Lipinski definition) is 5. The first-order valence-corrected chi connectivity index (χ1v) is 12.0. The molecule has 37 heavy (non-hydrogen) atoms. The third-order valence-electron chi connectivity index (χ3n) is 6.49. The van der Waals surface area contributed by atoms with E-state index in [4.69, 9.17) is 4.74 Å². The van der Waals surface area contributed by atoms with Gasteiger partial charge in [-0.3, -0.25) is 0 Å². The molecule has 8 heteroatoms. The molecule has 8 nitrogen and oxygen atoms in total. The highest BCUT2D eigenvalue weighted by molar-refractivity contribution is 6.01. The number of H-pyrrole nitrogens is 1. The number of aromatic amines is 1.